The van der Waals surface area contributed by atoms with Gasteiger partial charge < -0.3 is 16.4 Å². The van der Waals surface area contributed by atoms with E-state index in [1.165, 1.54) is 0 Å². The van der Waals surface area contributed by atoms with Crippen LogP contribution in [0.1, 0.15) is 33.6 Å². The third-order valence-electron chi connectivity index (χ3n) is 3.54. The lowest BCUT2D eigenvalue weighted by atomic mass is 9.97. The Morgan fingerprint density at radius 2 is 2.00 bits per heavy atom. The average Bonchev–Trinajstić information content (AvgIpc) is 2.42. The second-order valence-corrected chi connectivity index (χ2v) is 6.91. The van der Waals surface area contributed by atoms with Gasteiger partial charge in [0.1, 0.15) is 0 Å². The third-order valence-corrected chi connectivity index (χ3v) is 3.54. The van der Waals surface area contributed by atoms with Crippen LogP contribution in [0, 0.1) is 5.92 Å². The van der Waals surface area contributed by atoms with Crippen molar-refractivity contribution in [3.05, 3.63) is 12.7 Å². The first-order chi connectivity index (χ1) is 10.3. The van der Waals surface area contributed by atoms with E-state index in [1.54, 1.807) is 6.08 Å². The second-order valence-electron chi connectivity index (χ2n) is 6.91. The summed E-state index contributed by atoms with van der Waals surface area (Å²) in [5, 5.41) is 5.98. The van der Waals surface area contributed by atoms with Gasteiger partial charge in [-0.2, -0.15) is 0 Å². The number of amides is 1. The summed E-state index contributed by atoms with van der Waals surface area (Å²) < 4.78 is 0. The number of hydrogen-bond donors (Lipinski definition) is 3. The maximum absolute atomic E-state index is 11.9. The van der Waals surface area contributed by atoms with Gasteiger partial charge in [-0.3, -0.25) is 14.7 Å². The Bertz CT molecular complexity index is 398. The number of likely N-dealkylation sites (tertiary alicyclic amines) is 1. The van der Waals surface area contributed by atoms with E-state index in [4.69, 9.17) is 5.73 Å². The molecule has 0 saturated carbocycles. The first-order valence-corrected chi connectivity index (χ1v) is 7.98. The van der Waals surface area contributed by atoms with Crippen molar-refractivity contribution < 1.29 is 4.79 Å². The highest BCUT2D eigenvalue weighted by Crippen LogP contribution is 2.17. The summed E-state index contributed by atoms with van der Waals surface area (Å²) in [6, 6.07) is 0. The Balaban J connectivity index is 0.00000484. The van der Waals surface area contributed by atoms with Crippen LogP contribution in [0.5, 0.6) is 0 Å². The van der Waals surface area contributed by atoms with Crippen LogP contribution >= 0.6 is 24.0 Å². The highest BCUT2D eigenvalue weighted by atomic mass is 127. The van der Waals surface area contributed by atoms with Crippen LogP contribution < -0.4 is 16.4 Å². The molecule has 0 spiro atoms. The molecule has 6 nitrogen and oxygen atoms in total. The number of hydrogen-bond acceptors (Lipinski definition) is 3. The van der Waals surface area contributed by atoms with E-state index >= 15 is 0 Å². The maximum Gasteiger partial charge on any atom is 0.234 e. The summed E-state index contributed by atoms with van der Waals surface area (Å²) >= 11 is 0. The van der Waals surface area contributed by atoms with Crippen LogP contribution in [0.15, 0.2) is 17.6 Å². The van der Waals surface area contributed by atoms with Crippen LogP contribution in [0.25, 0.3) is 0 Å². The van der Waals surface area contributed by atoms with Gasteiger partial charge in [0.05, 0.1) is 6.54 Å². The molecule has 0 aliphatic carbocycles. The fourth-order valence-electron chi connectivity index (χ4n) is 2.45. The predicted octanol–water partition coefficient (Wildman–Crippen LogP) is 1.32. The normalized spacial score (nSPS) is 17.3. The van der Waals surface area contributed by atoms with Gasteiger partial charge in [-0.25, -0.2) is 0 Å². The number of nitrogens with two attached hydrogens (primary N) is 1. The SMILES string of the molecule is C=CCNC(N)=NCC1CCN(CC(=O)NC(C)(C)C)CC1.I. The Labute approximate surface area is 157 Å². The fraction of sp³-hybridized carbons (Fsp3) is 0.750. The predicted molar refractivity (Wildman–Crippen MR) is 107 cm³/mol. The molecule has 23 heavy (non-hydrogen) atoms. The lowest BCUT2D eigenvalue weighted by Gasteiger charge is -2.31. The summed E-state index contributed by atoms with van der Waals surface area (Å²) in [6.07, 6.45) is 3.87. The number of guanidine groups is 1. The molecule has 1 heterocycles. The number of nitrogens with zero attached hydrogens (tertiary/aromatic N) is 2. The highest BCUT2D eigenvalue weighted by molar-refractivity contribution is 14.0. The van der Waals surface area contributed by atoms with Gasteiger partial charge in [0.2, 0.25) is 5.91 Å². The van der Waals surface area contributed by atoms with Crippen LogP contribution in [0.3, 0.4) is 0 Å². The van der Waals surface area contributed by atoms with Gasteiger partial charge in [-0.1, -0.05) is 6.08 Å². The van der Waals surface area contributed by atoms with Gasteiger partial charge in [0.25, 0.3) is 0 Å². The number of rotatable bonds is 6. The molecular weight excluding hydrogens is 405 g/mol. The Hall–Kier alpha value is -0.830. The molecule has 0 aromatic heterocycles. The summed E-state index contributed by atoms with van der Waals surface area (Å²) in [4.78, 5) is 18.5. The van der Waals surface area contributed by atoms with Gasteiger partial charge in [-0.15, -0.1) is 30.6 Å². The molecule has 1 saturated heterocycles. The van der Waals surface area contributed by atoms with Crippen LogP contribution in [-0.2, 0) is 4.79 Å². The lowest BCUT2D eigenvalue weighted by Crippen LogP contribution is -2.47. The van der Waals surface area contributed by atoms with E-state index in [2.05, 4.69) is 27.1 Å². The van der Waals surface area contributed by atoms with Crippen LogP contribution in [-0.4, -0.2) is 55.0 Å². The number of nitrogens with one attached hydrogen (secondary N) is 2. The molecule has 134 valence electrons. The van der Waals surface area contributed by atoms with Crippen molar-refractivity contribution in [1.29, 1.82) is 0 Å². The monoisotopic (exact) mass is 437 g/mol. The van der Waals surface area contributed by atoms with Gasteiger partial charge in [-0.05, 0) is 52.6 Å². The second kappa shape index (κ2) is 10.9. The van der Waals surface area contributed by atoms with Gasteiger partial charge in [0.15, 0.2) is 5.96 Å². The van der Waals surface area contributed by atoms with Crippen LogP contribution in [0.2, 0.25) is 0 Å². The minimum absolute atomic E-state index is 0. The zero-order chi connectivity index (χ0) is 16.6. The lowest BCUT2D eigenvalue weighted by molar-refractivity contribution is -0.124. The highest BCUT2D eigenvalue weighted by Gasteiger charge is 2.22. The molecule has 0 unspecified atom stereocenters. The largest absolute Gasteiger partial charge is 0.370 e. The molecule has 0 aromatic carbocycles. The number of carbonyl (C=O) groups excluding carboxylic acids is 1. The number of aliphatic imine (C=N–C) groups is 1. The fourth-order valence-corrected chi connectivity index (χ4v) is 2.45. The molecule has 7 heteroatoms. The molecular formula is C16H32IN5O. The van der Waals surface area contributed by atoms with Gasteiger partial charge >= 0.3 is 0 Å². The molecule has 4 N–H and O–H groups in total. The molecule has 1 amide bonds. The van der Waals surface area contributed by atoms with E-state index in [0.717, 1.165) is 32.5 Å². The van der Waals surface area contributed by atoms with Crippen molar-refractivity contribution in [1.82, 2.24) is 15.5 Å². The minimum atomic E-state index is -0.167. The molecule has 0 atom stereocenters. The molecule has 1 fully saturated rings. The topological polar surface area (TPSA) is 82.8 Å². The average molecular weight is 437 g/mol. The number of carbonyl (C=O) groups is 1. The molecule has 0 radical (unpaired) electrons. The maximum atomic E-state index is 11.9. The van der Waals surface area contributed by atoms with Crippen molar-refractivity contribution in [2.75, 3.05) is 32.7 Å². The molecule has 0 aromatic rings. The standard InChI is InChI=1S/C16H31N5O.HI/c1-5-8-18-15(17)19-11-13-6-9-21(10-7-13)12-14(22)20-16(2,3)4;/h5,13H,1,6-12H2,2-4H3,(H,20,22)(H3,17,18,19);1H. The summed E-state index contributed by atoms with van der Waals surface area (Å²) in [7, 11) is 0. The Morgan fingerprint density at radius 1 is 1.39 bits per heavy atom. The minimum Gasteiger partial charge on any atom is -0.370 e. The van der Waals surface area contributed by atoms with Crippen molar-refractivity contribution in [3.8, 4) is 0 Å². The van der Waals surface area contributed by atoms with Crippen molar-refractivity contribution in [2.45, 2.75) is 39.2 Å². The molecule has 1 aliphatic heterocycles. The smallest absolute Gasteiger partial charge is 0.234 e. The summed E-state index contributed by atoms with van der Waals surface area (Å²) in [6.45, 7) is 13.4. The molecule has 0 bridgehead atoms. The van der Waals surface area contributed by atoms with E-state index < -0.39 is 0 Å². The zero-order valence-corrected chi connectivity index (χ0v) is 16.9. The number of halogens is 1. The van der Waals surface area contributed by atoms with E-state index in [9.17, 15) is 4.79 Å². The molecule has 1 rings (SSSR count). The van der Waals surface area contributed by atoms with Crippen molar-refractivity contribution >= 4 is 35.8 Å². The first kappa shape index (κ1) is 22.2. The third kappa shape index (κ3) is 10.5. The van der Waals surface area contributed by atoms with Crippen molar-refractivity contribution in [2.24, 2.45) is 16.6 Å². The molecule has 1 aliphatic rings. The zero-order valence-electron chi connectivity index (χ0n) is 14.6. The van der Waals surface area contributed by atoms with E-state index in [1.807, 2.05) is 20.8 Å². The summed E-state index contributed by atoms with van der Waals surface area (Å²) in [5.74, 6) is 1.12. The Morgan fingerprint density at radius 3 is 2.52 bits per heavy atom. The van der Waals surface area contributed by atoms with Gasteiger partial charge in [0, 0.05) is 18.6 Å². The Kier molecular flexibility index (Phi) is 10.5. The number of piperidine rings is 1. The van der Waals surface area contributed by atoms with Crippen LogP contribution in [0.4, 0.5) is 0 Å². The van der Waals surface area contributed by atoms with Crippen molar-refractivity contribution in [3.63, 3.8) is 0 Å². The summed E-state index contributed by atoms with van der Waals surface area (Å²) in [5.41, 5.74) is 5.59. The van der Waals surface area contributed by atoms with E-state index in [-0.39, 0.29) is 35.4 Å². The first-order valence-electron chi connectivity index (χ1n) is 7.98. The van der Waals surface area contributed by atoms with E-state index in [0.29, 0.717) is 25.0 Å². The quantitative estimate of drug-likeness (QED) is 0.253.